The van der Waals surface area contributed by atoms with Crippen molar-refractivity contribution in [3.8, 4) is 5.75 Å². The molecule has 0 saturated heterocycles. The van der Waals surface area contributed by atoms with Crippen LogP contribution in [0.15, 0.2) is 48.8 Å². The van der Waals surface area contributed by atoms with Crippen molar-refractivity contribution in [3.05, 3.63) is 59.9 Å². The Kier molecular flexibility index (Phi) is 3.33. The van der Waals surface area contributed by atoms with Gasteiger partial charge in [-0.1, -0.05) is 12.1 Å². The molecule has 5 nitrogen and oxygen atoms in total. The lowest BCUT2D eigenvalue weighted by Gasteiger charge is -2.06. The SMILES string of the molecule is O=C(Oc1ccccc1C(=O)O)c1cccnc1. The van der Waals surface area contributed by atoms with E-state index in [4.69, 9.17) is 9.84 Å². The average Bonchev–Trinajstić information content (AvgIpc) is 2.40. The monoisotopic (exact) mass is 243 g/mol. The number of hydrogen-bond donors (Lipinski definition) is 1. The third-order valence-corrected chi connectivity index (χ3v) is 2.22. The summed E-state index contributed by atoms with van der Waals surface area (Å²) in [5.74, 6) is -1.78. The molecule has 0 saturated carbocycles. The number of hydrogen-bond acceptors (Lipinski definition) is 4. The summed E-state index contributed by atoms with van der Waals surface area (Å²) < 4.78 is 5.03. The van der Waals surface area contributed by atoms with E-state index >= 15 is 0 Å². The molecule has 0 aliphatic heterocycles. The molecule has 90 valence electrons. The Morgan fingerprint density at radius 1 is 1.11 bits per heavy atom. The van der Waals surface area contributed by atoms with Crippen molar-refractivity contribution in [3.63, 3.8) is 0 Å². The highest BCUT2D eigenvalue weighted by Crippen LogP contribution is 2.19. The van der Waals surface area contributed by atoms with Gasteiger partial charge in [-0.15, -0.1) is 0 Å². The molecular formula is C13H9NO4. The Morgan fingerprint density at radius 2 is 1.89 bits per heavy atom. The molecule has 5 heteroatoms. The summed E-state index contributed by atoms with van der Waals surface area (Å²) in [6.45, 7) is 0. The van der Waals surface area contributed by atoms with Crippen LogP contribution in [0.4, 0.5) is 0 Å². The fraction of sp³-hybridized carbons (Fsp3) is 0. The number of carboxylic acid groups (broad SMARTS) is 1. The normalized spacial score (nSPS) is 9.78. The van der Waals surface area contributed by atoms with E-state index in [0.717, 1.165) is 0 Å². The number of aromatic carboxylic acids is 1. The molecular weight excluding hydrogens is 234 g/mol. The van der Waals surface area contributed by atoms with Crippen LogP contribution in [0.5, 0.6) is 5.75 Å². The van der Waals surface area contributed by atoms with Gasteiger partial charge in [0.15, 0.2) is 0 Å². The van der Waals surface area contributed by atoms with Crippen molar-refractivity contribution in [2.45, 2.75) is 0 Å². The van der Waals surface area contributed by atoms with Gasteiger partial charge in [0, 0.05) is 12.4 Å². The summed E-state index contributed by atoms with van der Waals surface area (Å²) in [5.41, 5.74) is 0.201. The van der Waals surface area contributed by atoms with Gasteiger partial charge in [0.25, 0.3) is 0 Å². The highest BCUT2D eigenvalue weighted by atomic mass is 16.5. The average molecular weight is 243 g/mol. The van der Waals surface area contributed by atoms with E-state index in [1.54, 1.807) is 24.3 Å². The van der Waals surface area contributed by atoms with Crippen LogP contribution in [0.1, 0.15) is 20.7 Å². The summed E-state index contributed by atoms with van der Waals surface area (Å²) in [6.07, 6.45) is 2.88. The summed E-state index contributed by atoms with van der Waals surface area (Å²) in [5, 5.41) is 8.95. The van der Waals surface area contributed by atoms with Crippen LogP contribution in [-0.4, -0.2) is 22.0 Å². The van der Waals surface area contributed by atoms with Crippen molar-refractivity contribution < 1.29 is 19.4 Å². The molecule has 1 N–H and O–H groups in total. The zero-order valence-electron chi connectivity index (χ0n) is 9.24. The third kappa shape index (κ3) is 2.52. The lowest BCUT2D eigenvalue weighted by molar-refractivity contribution is 0.0681. The predicted molar refractivity (Wildman–Crippen MR) is 62.6 cm³/mol. The summed E-state index contributed by atoms with van der Waals surface area (Å²) in [7, 11) is 0. The number of para-hydroxylation sites is 1. The number of pyridine rings is 1. The lowest BCUT2D eigenvalue weighted by atomic mass is 10.2. The van der Waals surface area contributed by atoms with Gasteiger partial charge >= 0.3 is 11.9 Å². The van der Waals surface area contributed by atoms with Gasteiger partial charge in [-0.05, 0) is 24.3 Å². The van der Waals surface area contributed by atoms with Crippen LogP contribution in [0.2, 0.25) is 0 Å². The Balaban J connectivity index is 2.25. The molecule has 0 unspecified atom stereocenters. The molecule has 1 aromatic heterocycles. The molecule has 18 heavy (non-hydrogen) atoms. The number of benzene rings is 1. The number of carbonyl (C=O) groups is 2. The molecule has 2 rings (SSSR count). The van der Waals surface area contributed by atoms with E-state index in [1.165, 1.54) is 24.5 Å². The van der Waals surface area contributed by atoms with E-state index in [0.29, 0.717) is 0 Å². The zero-order valence-corrected chi connectivity index (χ0v) is 9.24. The van der Waals surface area contributed by atoms with Crippen LogP contribution in [0.25, 0.3) is 0 Å². The quantitative estimate of drug-likeness (QED) is 0.659. The maximum absolute atomic E-state index is 11.7. The van der Waals surface area contributed by atoms with Gasteiger partial charge in [-0.2, -0.15) is 0 Å². The number of rotatable bonds is 3. The fourth-order valence-electron chi connectivity index (χ4n) is 1.37. The first-order valence-electron chi connectivity index (χ1n) is 5.13. The minimum absolute atomic E-state index is 0.0128. The Bertz CT molecular complexity index is 581. The van der Waals surface area contributed by atoms with Crippen LogP contribution >= 0.6 is 0 Å². The Labute approximate surface area is 103 Å². The van der Waals surface area contributed by atoms with E-state index in [9.17, 15) is 9.59 Å². The first kappa shape index (κ1) is 11.8. The van der Waals surface area contributed by atoms with Crippen LogP contribution < -0.4 is 4.74 Å². The topological polar surface area (TPSA) is 76.5 Å². The predicted octanol–water partition coefficient (Wildman–Crippen LogP) is 2.00. The number of carboxylic acids is 1. The smallest absolute Gasteiger partial charge is 0.345 e. The summed E-state index contributed by atoms with van der Waals surface area (Å²) >= 11 is 0. The molecule has 0 fully saturated rings. The molecule has 0 atom stereocenters. The van der Waals surface area contributed by atoms with Crippen molar-refractivity contribution in [2.24, 2.45) is 0 Å². The standard InChI is InChI=1S/C13H9NO4/c15-12(16)10-5-1-2-6-11(10)18-13(17)9-4-3-7-14-8-9/h1-8H,(H,15,16). The second-order valence-electron chi connectivity index (χ2n) is 3.43. The highest BCUT2D eigenvalue weighted by molar-refractivity contribution is 5.95. The lowest BCUT2D eigenvalue weighted by Crippen LogP contribution is -2.11. The summed E-state index contributed by atoms with van der Waals surface area (Å²) in [4.78, 5) is 26.5. The van der Waals surface area contributed by atoms with Crippen molar-refractivity contribution in [1.82, 2.24) is 4.98 Å². The van der Waals surface area contributed by atoms with E-state index in [-0.39, 0.29) is 16.9 Å². The Morgan fingerprint density at radius 3 is 2.56 bits per heavy atom. The maximum Gasteiger partial charge on any atom is 0.345 e. The van der Waals surface area contributed by atoms with Crippen molar-refractivity contribution in [2.75, 3.05) is 0 Å². The molecule has 0 spiro atoms. The third-order valence-electron chi connectivity index (χ3n) is 2.22. The molecule has 0 radical (unpaired) electrons. The largest absolute Gasteiger partial charge is 0.478 e. The second kappa shape index (κ2) is 5.09. The first-order chi connectivity index (χ1) is 8.68. The van der Waals surface area contributed by atoms with Crippen LogP contribution in [-0.2, 0) is 0 Å². The second-order valence-corrected chi connectivity index (χ2v) is 3.43. The first-order valence-corrected chi connectivity index (χ1v) is 5.13. The molecule has 0 amide bonds. The number of aromatic nitrogens is 1. The van der Waals surface area contributed by atoms with Gasteiger partial charge in [0.05, 0.1) is 5.56 Å². The molecule has 0 aliphatic rings. The minimum Gasteiger partial charge on any atom is -0.478 e. The van der Waals surface area contributed by atoms with Crippen LogP contribution in [0.3, 0.4) is 0 Å². The fourth-order valence-corrected chi connectivity index (χ4v) is 1.37. The number of esters is 1. The maximum atomic E-state index is 11.7. The molecule has 0 aliphatic carbocycles. The van der Waals surface area contributed by atoms with E-state index < -0.39 is 11.9 Å². The molecule has 1 heterocycles. The number of carbonyl (C=O) groups excluding carboxylic acids is 1. The summed E-state index contributed by atoms with van der Waals surface area (Å²) in [6, 6.07) is 9.09. The van der Waals surface area contributed by atoms with Gasteiger partial charge in [-0.3, -0.25) is 4.98 Å². The Hall–Kier alpha value is -2.69. The minimum atomic E-state index is -1.15. The molecule has 2 aromatic rings. The zero-order chi connectivity index (χ0) is 13.0. The van der Waals surface area contributed by atoms with Crippen molar-refractivity contribution in [1.29, 1.82) is 0 Å². The van der Waals surface area contributed by atoms with Gasteiger partial charge < -0.3 is 9.84 Å². The van der Waals surface area contributed by atoms with Gasteiger partial charge in [0.1, 0.15) is 11.3 Å². The van der Waals surface area contributed by atoms with E-state index in [1.807, 2.05) is 0 Å². The van der Waals surface area contributed by atoms with Crippen molar-refractivity contribution >= 4 is 11.9 Å². The number of nitrogens with zero attached hydrogens (tertiary/aromatic N) is 1. The van der Waals surface area contributed by atoms with Gasteiger partial charge in [-0.25, -0.2) is 9.59 Å². The van der Waals surface area contributed by atoms with E-state index in [2.05, 4.69) is 4.98 Å². The van der Waals surface area contributed by atoms with Gasteiger partial charge in [0.2, 0.25) is 0 Å². The highest BCUT2D eigenvalue weighted by Gasteiger charge is 2.14. The number of ether oxygens (including phenoxy) is 1. The van der Waals surface area contributed by atoms with Crippen LogP contribution in [0, 0.1) is 0 Å². The molecule has 0 bridgehead atoms. The molecule has 1 aromatic carbocycles.